The fourth-order valence-electron chi connectivity index (χ4n) is 2.57. The minimum Gasteiger partial charge on any atom is -0.378 e. The van der Waals surface area contributed by atoms with Crippen molar-refractivity contribution in [2.75, 3.05) is 13.2 Å². The lowest BCUT2D eigenvalue weighted by atomic mass is 9.93. The Labute approximate surface area is 103 Å². The second kappa shape index (κ2) is 5.65. The quantitative estimate of drug-likeness (QED) is 0.851. The third-order valence-electron chi connectivity index (χ3n) is 3.46. The predicted octanol–water partition coefficient (Wildman–Crippen LogP) is 1.98. The molecule has 4 heteroatoms. The SMILES string of the molecule is CCNC(c1cnn(CC)c1)C1COC(C)C1. The molecule has 1 aromatic rings. The van der Waals surface area contributed by atoms with Crippen LogP contribution in [0.3, 0.4) is 0 Å². The normalized spacial score (nSPS) is 26.3. The maximum Gasteiger partial charge on any atom is 0.0551 e. The van der Waals surface area contributed by atoms with Crippen LogP contribution < -0.4 is 5.32 Å². The van der Waals surface area contributed by atoms with Gasteiger partial charge in [-0.3, -0.25) is 4.68 Å². The summed E-state index contributed by atoms with van der Waals surface area (Å²) in [4.78, 5) is 0. The Hall–Kier alpha value is -0.870. The lowest BCUT2D eigenvalue weighted by Crippen LogP contribution is -2.28. The van der Waals surface area contributed by atoms with Crippen LogP contribution in [-0.4, -0.2) is 29.0 Å². The molecule has 0 spiro atoms. The zero-order chi connectivity index (χ0) is 12.3. The largest absolute Gasteiger partial charge is 0.378 e. The summed E-state index contributed by atoms with van der Waals surface area (Å²) in [5, 5.41) is 7.93. The monoisotopic (exact) mass is 237 g/mol. The van der Waals surface area contributed by atoms with Crippen LogP contribution in [0.5, 0.6) is 0 Å². The molecule has 0 bridgehead atoms. The minimum absolute atomic E-state index is 0.380. The number of ether oxygens (including phenoxy) is 1. The summed E-state index contributed by atoms with van der Waals surface area (Å²) in [5.74, 6) is 0.569. The highest BCUT2D eigenvalue weighted by atomic mass is 16.5. The van der Waals surface area contributed by atoms with E-state index in [2.05, 4.69) is 37.4 Å². The summed E-state index contributed by atoms with van der Waals surface area (Å²) < 4.78 is 7.67. The van der Waals surface area contributed by atoms with Crippen LogP contribution in [0.4, 0.5) is 0 Å². The maximum absolute atomic E-state index is 5.68. The van der Waals surface area contributed by atoms with Gasteiger partial charge in [0.15, 0.2) is 0 Å². The van der Waals surface area contributed by atoms with Crippen molar-refractivity contribution in [3.8, 4) is 0 Å². The molecule has 4 nitrogen and oxygen atoms in total. The molecule has 2 heterocycles. The standard InChI is InChI=1S/C13H23N3O/c1-4-14-13(11-6-10(3)17-9-11)12-7-15-16(5-2)8-12/h7-8,10-11,13-14H,4-6,9H2,1-3H3. The summed E-state index contributed by atoms with van der Waals surface area (Å²) in [5.41, 5.74) is 1.29. The van der Waals surface area contributed by atoms with E-state index in [-0.39, 0.29) is 0 Å². The van der Waals surface area contributed by atoms with Gasteiger partial charge in [0.1, 0.15) is 0 Å². The van der Waals surface area contributed by atoms with Crippen molar-refractivity contribution in [3.63, 3.8) is 0 Å². The first-order valence-electron chi connectivity index (χ1n) is 6.61. The second-order valence-electron chi connectivity index (χ2n) is 4.80. The van der Waals surface area contributed by atoms with Gasteiger partial charge in [-0.05, 0) is 26.8 Å². The molecular weight excluding hydrogens is 214 g/mol. The summed E-state index contributed by atoms with van der Waals surface area (Å²) >= 11 is 0. The van der Waals surface area contributed by atoms with E-state index in [1.807, 2.05) is 10.9 Å². The minimum atomic E-state index is 0.380. The van der Waals surface area contributed by atoms with Gasteiger partial charge in [0.25, 0.3) is 0 Å². The maximum atomic E-state index is 5.68. The molecule has 1 fully saturated rings. The van der Waals surface area contributed by atoms with Crippen LogP contribution in [0.2, 0.25) is 0 Å². The van der Waals surface area contributed by atoms with E-state index in [4.69, 9.17) is 4.74 Å². The molecule has 3 atom stereocenters. The molecule has 1 aliphatic heterocycles. The number of nitrogens with zero attached hydrogens (tertiary/aromatic N) is 2. The van der Waals surface area contributed by atoms with E-state index in [0.29, 0.717) is 18.1 Å². The average Bonchev–Trinajstić information content (AvgIpc) is 2.94. The Morgan fingerprint density at radius 3 is 2.94 bits per heavy atom. The number of rotatable bonds is 5. The zero-order valence-electron chi connectivity index (χ0n) is 11.0. The number of hydrogen-bond acceptors (Lipinski definition) is 3. The Bertz CT molecular complexity index is 350. The molecule has 0 amide bonds. The molecular formula is C13H23N3O. The first-order chi connectivity index (χ1) is 8.24. The smallest absolute Gasteiger partial charge is 0.0551 e. The Kier molecular flexibility index (Phi) is 4.18. The van der Waals surface area contributed by atoms with Crippen molar-refractivity contribution in [3.05, 3.63) is 18.0 Å². The van der Waals surface area contributed by atoms with Gasteiger partial charge in [0, 0.05) is 30.3 Å². The van der Waals surface area contributed by atoms with Gasteiger partial charge in [-0.1, -0.05) is 6.92 Å². The number of aromatic nitrogens is 2. The lowest BCUT2D eigenvalue weighted by molar-refractivity contribution is 0.117. The van der Waals surface area contributed by atoms with Crippen molar-refractivity contribution in [2.24, 2.45) is 5.92 Å². The van der Waals surface area contributed by atoms with Gasteiger partial charge in [-0.15, -0.1) is 0 Å². The van der Waals surface area contributed by atoms with Crippen molar-refractivity contribution in [2.45, 2.75) is 45.9 Å². The fourth-order valence-corrected chi connectivity index (χ4v) is 2.57. The summed E-state index contributed by atoms with van der Waals surface area (Å²) in [7, 11) is 0. The molecule has 0 radical (unpaired) electrons. The zero-order valence-corrected chi connectivity index (χ0v) is 11.0. The molecule has 1 aliphatic rings. The van der Waals surface area contributed by atoms with Crippen molar-refractivity contribution >= 4 is 0 Å². The number of hydrogen-bond donors (Lipinski definition) is 1. The molecule has 17 heavy (non-hydrogen) atoms. The molecule has 1 N–H and O–H groups in total. The van der Waals surface area contributed by atoms with Crippen LogP contribution in [0, 0.1) is 5.92 Å². The number of nitrogens with one attached hydrogen (secondary N) is 1. The van der Waals surface area contributed by atoms with Crippen LogP contribution in [0.15, 0.2) is 12.4 Å². The summed E-state index contributed by atoms with van der Waals surface area (Å²) in [6.45, 7) is 9.17. The van der Waals surface area contributed by atoms with Gasteiger partial charge in [0.2, 0.25) is 0 Å². The van der Waals surface area contributed by atoms with Crippen LogP contribution in [0.25, 0.3) is 0 Å². The fraction of sp³-hybridized carbons (Fsp3) is 0.769. The van der Waals surface area contributed by atoms with Crippen LogP contribution in [0.1, 0.15) is 38.8 Å². The molecule has 2 rings (SSSR count). The van der Waals surface area contributed by atoms with E-state index in [0.717, 1.165) is 26.1 Å². The van der Waals surface area contributed by atoms with Crippen LogP contribution >= 0.6 is 0 Å². The second-order valence-corrected chi connectivity index (χ2v) is 4.80. The van der Waals surface area contributed by atoms with Gasteiger partial charge in [-0.25, -0.2) is 0 Å². The molecule has 3 unspecified atom stereocenters. The van der Waals surface area contributed by atoms with Crippen molar-refractivity contribution in [1.29, 1.82) is 0 Å². The highest BCUT2D eigenvalue weighted by Gasteiger charge is 2.30. The van der Waals surface area contributed by atoms with E-state index < -0.39 is 0 Å². The highest BCUT2D eigenvalue weighted by molar-refractivity contribution is 5.12. The molecule has 1 aromatic heterocycles. The van der Waals surface area contributed by atoms with E-state index in [1.54, 1.807) is 0 Å². The van der Waals surface area contributed by atoms with Gasteiger partial charge >= 0.3 is 0 Å². The van der Waals surface area contributed by atoms with Crippen molar-refractivity contribution < 1.29 is 4.74 Å². The van der Waals surface area contributed by atoms with E-state index in [1.165, 1.54) is 5.56 Å². The Morgan fingerprint density at radius 2 is 2.41 bits per heavy atom. The van der Waals surface area contributed by atoms with Gasteiger partial charge < -0.3 is 10.1 Å². The Morgan fingerprint density at radius 1 is 1.59 bits per heavy atom. The predicted molar refractivity (Wildman–Crippen MR) is 67.8 cm³/mol. The van der Waals surface area contributed by atoms with Gasteiger partial charge in [-0.2, -0.15) is 5.10 Å². The Balaban J connectivity index is 2.10. The lowest BCUT2D eigenvalue weighted by Gasteiger charge is -2.22. The van der Waals surface area contributed by atoms with E-state index in [9.17, 15) is 0 Å². The molecule has 1 saturated heterocycles. The third-order valence-corrected chi connectivity index (χ3v) is 3.46. The highest BCUT2D eigenvalue weighted by Crippen LogP contribution is 2.31. The van der Waals surface area contributed by atoms with Crippen molar-refractivity contribution in [1.82, 2.24) is 15.1 Å². The first kappa shape index (κ1) is 12.6. The summed E-state index contributed by atoms with van der Waals surface area (Å²) in [6, 6.07) is 0.380. The average molecular weight is 237 g/mol. The third kappa shape index (κ3) is 2.87. The van der Waals surface area contributed by atoms with E-state index >= 15 is 0 Å². The molecule has 0 aliphatic carbocycles. The summed E-state index contributed by atoms with van der Waals surface area (Å²) in [6.07, 6.45) is 5.66. The molecule has 96 valence electrons. The van der Waals surface area contributed by atoms with Gasteiger partial charge in [0.05, 0.1) is 18.9 Å². The molecule has 0 aromatic carbocycles. The first-order valence-corrected chi connectivity index (χ1v) is 6.61. The number of aryl methyl sites for hydroxylation is 1. The van der Waals surface area contributed by atoms with Crippen LogP contribution in [-0.2, 0) is 11.3 Å². The topological polar surface area (TPSA) is 39.1 Å². The molecule has 0 saturated carbocycles.